The van der Waals surface area contributed by atoms with Crippen LogP contribution in [0.1, 0.15) is 43.6 Å². The molecule has 2 aliphatic heterocycles. The lowest BCUT2D eigenvalue weighted by molar-refractivity contribution is -0.134. The molecular formula is C28H34N4O2S. The summed E-state index contributed by atoms with van der Waals surface area (Å²) in [5, 5.41) is 6.40. The van der Waals surface area contributed by atoms with E-state index in [4.69, 9.17) is 0 Å². The SMILES string of the molecule is CC(C)C[C@@]1(C2CCN(Cc3cccc4cccnc34)CC2)NC(=O)N(CCc2cccs2)C1=O. The summed E-state index contributed by atoms with van der Waals surface area (Å²) in [4.78, 5) is 36.5. The van der Waals surface area contributed by atoms with E-state index in [1.54, 1.807) is 11.3 Å². The van der Waals surface area contributed by atoms with E-state index in [-0.39, 0.29) is 17.9 Å². The van der Waals surface area contributed by atoms with Crippen molar-refractivity contribution in [3.8, 4) is 0 Å². The van der Waals surface area contributed by atoms with Crippen molar-refractivity contribution in [2.45, 2.75) is 51.6 Å². The van der Waals surface area contributed by atoms with Gasteiger partial charge in [-0.25, -0.2) is 4.79 Å². The van der Waals surface area contributed by atoms with Crippen LogP contribution in [0.25, 0.3) is 10.9 Å². The Hall–Kier alpha value is -2.77. The lowest BCUT2D eigenvalue weighted by Crippen LogP contribution is -2.56. The summed E-state index contributed by atoms with van der Waals surface area (Å²) in [6.45, 7) is 7.39. The normalized spacial score (nSPS) is 21.9. The van der Waals surface area contributed by atoms with Gasteiger partial charge in [-0.3, -0.25) is 19.6 Å². The third-order valence-corrected chi connectivity index (χ3v) is 8.42. The first kappa shape index (κ1) is 23.9. The van der Waals surface area contributed by atoms with Gasteiger partial charge in [-0.05, 0) is 73.7 Å². The average Bonchev–Trinajstić information content (AvgIpc) is 3.45. The maximum atomic E-state index is 13.8. The molecule has 0 unspecified atom stereocenters. The molecular weight excluding hydrogens is 456 g/mol. The number of imide groups is 1. The van der Waals surface area contributed by atoms with Gasteiger partial charge in [0.2, 0.25) is 0 Å². The summed E-state index contributed by atoms with van der Waals surface area (Å²) >= 11 is 1.67. The van der Waals surface area contributed by atoms with Gasteiger partial charge in [0.15, 0.2) is 0 Å². The van der Waals surface area contributed by atoms with Crippen molar-refractivity contribution in [2.75, 3.05) is 19.6 Å². The zero-order chi connectivity index (χ0) is 24.4. The minimum atomic E-state index is -0.784. The molecule has 1 aromatic carbocycles. The predicted octanol–water partition coefficient (Wildman–Crippen LogP) is 5.09. The molecule has 184 valence electrons. The van der Waals surface area contributed by atoms with Gasteiger partial charge >= 0.3 is 6.03 Å². The van der Waals surface area contributed by atoms with E-state index in [0.29, 0.717) is 25.3 Å². The highest BCUT2D eigenvalue weighted by molar-refractivity contribution is 7.09. The molecule has 3 aromatic rings. The summed E-state index contributed by atoms with van der Waals surface area (Å²) < 4.78 is 0. The van der Waals surface area contributed by atoms with Crippen LogP contribution >= 0.6 is 11.3 Å². The van der Waals surface area contributed by atoms with E-state index >= 15 is 0 Å². The van der Waals surface area contributed by atoms with Crippen molar-refractivity contribution >= 4 is 34.2 Å². The molecule has 2 saturated heterocycles. The van der Waals surface area contributed by atoms with Gasteiger partial charge in [-0.15, -0.1) is 11.3 Å². The first-order valence-corrected chi connectivity index (χ1v) is 13.6. The molecule has 1 atom stereocenters. The molecule has 6 nitrogen and oxygen atoms in total. The van der Waals surface area contributed by atoms with Gasteiger partial charge in [0.05, 0.1) is 5.52 Å². The molecule has 0 radical (unpaired) electrons. The minimum Gasteiger partial charge on any atom is -0.323 e. The van der Waals surface area contributed by atoms with E-state index in [1.807, 2.05) is 23.7 Å². The van der Waals surface area contributed by atoms with Crippen LogP contribution < -0.4 is 5.32 Å². The number of likely N-dealkylation sites (tertiary alicyclic amines) is 1. The van der Waals surface area contributed by atoms with Crippen molar-refractivity contribution in [3.05, 3.63) is 64.5 Å². The summed E-state index contributed by atoms with van der Waals surface area (Å²) in [7, 11) is 0. The van der Waals surface area contributed by atoms with Gasteiger partial charge in [0.1, 0.15) is 5.54 Å². The number of nitrogens with one attached hydrogen (secondary N) is 1. The molecule has 0 spiro atoms. The second-order valence-electron chi connectivity index (χ2n) is 10.3. The molecule has 5 rings (SSSR count). The number of fused-ring (bicyclic) bond motifs is 1. The quantitative estimate of drug-likeness (QED) is 0.447. The number of urea groups is 1. The fraction of sp³-hybridized carbons (Fsp3) is 0.464. The number of carbonyl (C=O) groups excluding carboxylic acids is 2. The first-order chi connectivity index (χ1) is 17.0. The van der Waals surface area contributed by atoms with E-state index in [1.165, 1.54) is 15.3 Å². The Bertz CT molecular complexity index is 1180. The van der Waals surface area contributed by atoms with Gasteiger partial charge in [0.25, 0.3) is 5.91 Å². The predicted molar refractivity (Wildman–Crippen MR) is 140 cm³/mol. The lowest BCUT2D eigenvalue weighted by atomic mass is 9.73. The van der Waals surface area contributed by atoms with Crippen molar-refractivity contribution in [1.29, 1.82) is 0 Å². The Morgan fingerprint density at radius 1 is 1.11 bits per heavy atom. The third-order valence-electron chi connectivity index (χ3n) is 7.49. The minimum absolute atomic E-state index is 0.0236. The number of rotatable bonds is 8. The molecule has 4 heterocycles. The highest BCUT2D eigenvalue weighted by Gasteiger charge is 2.55. The molecule has 1 N–H and O–H groups in total. The molecule has 0 aliphatic carbocycles. The monoisotopic (exact) mass is 490 g/mol. The summed E-state index contributed by atoms with van der Waals surface area (Å²) in [6.07, 6.45) is 5.05. The highest BCUT2D eigenvalue weighted by atomic mass is 32.1. The second kappa shape index (κ2) is 10.1. The van der Waals surface area contributed by atoms with Gasteiger partial charge in [0, 0.05) is 29.5 Å². The summed E-state index contributed by atoms with van der Waals surface area (Å²) in [5.41, 5.74) is 1.52. The zero-order valence-electron chi connectivity index (χ0n) is 20.6. The Labute approximate surface area is 211 Å². The molecule has 2 aliphatic rings. The third kappa shape index (κ3) is 4.84. The number of para-hydroxylation sites is 1. The number of piperidine rings is 1. The fourth-order valence-electron chi connectivity index (χ4n) is 5.87. The Morgan fingerprint density at radius 2 is 1.91 bits per heavy atom. The lowest BCUT2D eigenvalue weighted by Gasteiger charge is -2.41. The molecule has 35 heavy (non-hydrogen) atoms. The Balaban J connectivity index is 1.28. The molecule has 2 fully saturated rings. The van der Waals surface area contributed by atoms with E-state index < -0.39 is 5.54 Å². The van der Waals surface area contributed by atoms with Crippen LogP contribution in [-0.2, 0) is 17.8 Å². The van der Waals surface area contributed by atoms with Crippen LogP contribution in [0.15, 0.2) is 54.0 Å². The van der Waals surface area contributed by atoms with E-state index in [2.05, 4.69) is 59.4 Å². The van der Waals surface area contributed by atoms with Crippen LogP contribution in [-0.4, -0.2) is 51.9 Å². The smallest absolute Gasteiger partial charge is 0.323 e. The molecule has 2 aromatic heterocycles. The number of hydrogen-bond donors (Lipinski definition) is 1. The van der Waals surface area contributed by atoms with E-state index in [9.17, 15) is 9.59 Å². The topological polar surface area (TPSA) is 65.5 Å². The van der Waals surface area contributed by atoms with Crippen molar-refractivity contribution in [1.82, 2.24) is 20.1 Å². The maximum absolute atomic E-state index is 13.8. The van der Waals surface area contributed by atoms with Crippen LogP contribution in [0.2, 0.25) is 0 Å². The summed E-state index contributed by atoms with van der Waals surface area (Å²) in [6, 6.07) is 14.3. The molecule has 0 saturated carbocycles. The number of aromatic nitrogens is 1. The fourth-order valence-corrected chi connectivity index (χ4v) is 6.57. The van der Waals surface area contributed by atoms with Gasteiger partial charge in [-0.1, -0.05) is 44.2 Å². The molecule has 3 amide bonds. The number of pyridine rings is 1. The number of carbonyl (C=O) groups is 2. The molecule has 7 heteroatoms. The van der Waals surface area contributed by atoms with Gasteiger partial charge < -0.3 is 5.32 Å². The Kier molecular flexibility index (Phi) is 6.89. The average molecular weight is 491 g/mol. The first-order valence-electron chi connectivity index (χ1n) is 12.7. The van der Waals surface area contributed by atoms with Crippen LogP contribution in [0, 0.1) is 11.8 Å². The van der Waals surface area contributed by atoms with Gasteiger partial charge in [-0.2, -0.15) is 0 Å². The van der Waals surface area contributed by atoms with Crippen molar-refractivity contribution < 1.29 is 9.59 Å². The van der Waals surface area contributed by atoms with Crippen molar-refractivity contribution in [2.24, 2.45) is 11.8 Å². The number of amides is 3. The number of nitrogens with zero attached hydrogens (tertiary/aromatic N) is 3. The summed E-state index contributed by atoms with van der Waals surface area (Å²) in [5.74, 6) is 0.440. The number of hydrogen-bond acceptors (Lipinski definition) is 5. The number of benzene rings is 1. The van der Waals surface area contributed by atoms with Crippen molar-refractivity contribution in [3.63, 3.8) is 0 Å². The zero-order valence-corrected chi connectivity index (χ0v) is 21.4. The van der Waals surface area contributed by atoms with Crippen LogP contribution in [0.5, 0.6) is 0 Å². The van der Waals surface area contributed by atoms with Crippen LogP contribution in [0.3, 0.4) is 0 Å². The van der Waals surface area contributed by atoms with Crippen LogP contribution in [0.4, 0.5) is 4.79 Å². The molecule has 0 bridgehead atoms. The largest absolute Gasteiger partial charge is 0.325 e. The maximum Gasteiger partial charge on any atom is 0.325 e. The highest BCUT2D eigenvalue weighted by Crippen LogP contribution is 2.38. The number of thiophene rings is 1. The Morgan fingerprint density at radius 3 is 2.66 bits per heavy atom. The second-order valence-corrected chi connectivity index (χ2v) is 11.4. The standard InChI is InChI=1S/C28H34N4O2S/c1-20(2)18-28(26(33)32(27(34)30-28)16-12-24-9-5-17-35-24)23-10-14-31(15-11-23)19-22-7-3-6-21-8-4-13-29-25(21)22/h3-9,13,17,20,23H,10-12,14-16,18-19H2,1-2H3,(H,30,34)/t28-/m0/s1. The van der Waals surface area contributed by atoms with E-state index in [0.717, 1.165) is 43.4 Å².